The zero-order valence-electron chi connectivity index (χ0n) is 10.6. The Morgan fingerprint density at radius 1 is 1.35 bits per heavy atom. The second-order valence-corrected chi connectivity index (χ2v) is 5.76. The summed E-state index contributed by atoms with van der Waals surface area (Å²) >= 11 is 6.27. The molecule has 2 N–H and O–H groups in total. The van der Waals surface area contributed by atoms with E-state index in [9.17, 15) is 0 Å². The van der Waals surface area contributed by atoms with Crippen LogP contribution in [0.1, 0.15) is 37.8 Å². The molecule has 0 aliphatic carbocycles. The van der Waals surface area contributed by atoms with Gasteiger partial charge in [0.2, 0.25) is 0 Å². The second-order valence-electron chi connectivity index (χ2n) is 5.35. The maximum atomic E-state index is 6.27. The molecule has 0 spiro atoms. The third-order valence-corrected chi connectivity index (χ3v) is 3.38. The fourth-order valence-electron chi connectivity index (χ4n) is 2.35. The van der Waals surface area contributed by atoms with E-state index in [1.807, 2.05) is 6.07 Å². The number of benzene rings is 1. The molecule has 1 heterocycles. The average molecular weight is 254 g/mol. The van der Waals surface area contributed by atoms with Crippen LogP contribution in [0.4, 0.5) is 0 Å². The zero-order valence-corrected chi connectivity index (χ0v) is 11.3. The molecule has 0 fully saturated rings. The smallest absolute Gasteiger partial charge is 0.142 e. The number of unbranched alkanes of at least 4 members (excludes halogenated alkanes) is 1. The minimum atomic E-state index is -0.123. The molecule has 3 heteroatoms. The van der Waals surface area contributed by atoms with Gasteiger partial charge in [0.25, 0.3) is 0 Å². The normalized spacial score (nSPS) is 16.7. The summed E-state index contributed by atoms with van der Waals surface area (Å²) in [6.07, 6.45) is 4.17. The standard InChI is InChI=1S/C14H20ClNO/c1-14(2)9-11-7-10(5-3-4-6-16)8-12(15)13(11)17-14/h7-8H,3-6,9,16H2,1-2H3. The van der Waals surface area contributed by atoms with Gasteiger partial charge in [0.1, 0.15) is 11.4 Å². The number of aryl methyl sites for hydroxylation is 1. The Kier molecular flexibility index (Phi) is 3.64. The third kappa shape index (κ3) is 2.93. The molecule has 0 unspecified atom stereocenters. The first kappa shape index (κ1) is 12.7. The molecule has 2 rings (SSSR count). The minimum absolute atomic E-state index is 0.123. The number of hydrogen-bond acceptors (Lipinski definition) is 2. The Bertz CT molecular complexity index is 415. The van der Waals surface area contributed by atoms with Gasteiger partial charge >= 0.3 is 0 Å². The van der Waals surface area contributed by atoms with Crippen LogP contribution in [-0.2, 0) is 12.8 Å². The van der Waals surface area contributed by atoms with Crippen LogP contribution in [0.3, 0.4) is 0 Å². The van der Waals surface area contributed by atoms with Crippen molar-refractivity contribution in [2.75, 3.05) is 6.54 Å². The minimum Gasteiger partial charge on any atom is -0.486 e. The summed E-state index contributed by atoms with van der Waals surface area (Å²) in [6, 6.07) is 4.25. The topological polar surface area (TPSA) is 35.2 Å². The molecule has 0 amide bonds. The summed E-state index contributed by atoms with van der Waals surface area (Å²) in [5.41, 5.74) is 7.91. The zero-order chi connectivity index (χ0) is 12.5. The molecule has 17 heavy (non-hydrogen) atoms. The van der Waals surface area contributed by atoms with Crippen LogP contribution >= 0.6 is 11.6 Å². The number of fused-ring (bicyclic) bond motifs is 1. The van der Waals surface area contributed by atoms with Crippen molar-refractivity contribution in [3.63, 3.8) is 0 Å². The van der Waals surface area contributed by atoms with Crippen LogP contribution in [0.5, 0.6) is 5.75 Å². The van der Waals surface area contributed by atoms with E-state index >= 15 is 0 Å². The van der Waals surface area contributed by atoms with Gasteiger partial charge in [0, 0.05) is 6.42 Å². The van der Waals surface area contributed by atoms with Gasteiger partial charge in [-0.25, -0.2) is 0 Å². The van der Waals surface area contributed by atoms with Crippen LogP contribution in [0.15, 0.2) is 12.1 Å². The number of nitrogens with two attached hydrogens (primary N) is 1. The van der Waals surface area contributed by atoms with Crippen molar-refractivity contribution >= 4 is 11.6 Å². The first-order valence-electron chi connectivity index (χ1n) is 6.22. The summed E-state index contributed by atoms with van der Waals surface area (Å²) in [4.78, 5) is 0. The molecule has 1 aromatic carbocycles. The largest absolute Gasteiger partial charge is 0.486 e. The van der Waals surface area contributed by atoms with E-state index in [4.69, 9.17) is 22.1 Å². The van der Waals surface area contributed by atoms with Gasteiger partial charge in [0.15, 0.2) is 0 Å². The van der Waals surface area contributed by atoms with Gasteiger partial charge in [-0.05, 0) is 56.8 Å². The lowest BCUT2D eigenvalue weighted by Crippen LogP contribution is -2.24. The average Bonchev–Trinajstić information content (AvgIpc) is 2.54. The summed E-state index contributed by atoms with van der Waals surface area (Å²) in [5.74, 6) is 0.874. The molecule has 0 radical (unpaired) electrons. The predicted octanol–water partition coefficient (Wildman–Crippen LogP) is 3.33. The van der Waals surface area contributed by atoms with E-state index in [1.165, 1.54) is 11.1 Å². The Morgan fingerprint density at radius 3 is 2.82 bits per heavy atom. The number of rotatable bonds is 4. The predicted molar refractivity (Wildman–Crippen MR) is 71.9 cm³/mol. The maximum Gasteiger partial charge on any atom is 0.142 e. The number of hydrogen-bond donors (Lipinski definition) is 1. The molecular formula is C14H20ClNO. The summed E-state index contributed by atoms with van der Waals surface area (Å²) in [5, 5.41) is 0.746. The molecule has 0 saturated carbocycles. The Morgan fingerprint density at radius 2 is 2.12 bits per heavy atom. The fourth-order valence-corrected chi connectivity index (χ4v) is 2.65. The SMILES string of the molecule is CC1(C)Cc2cc(CCCCN)cc(Cl)c2O1. The number of halogens is 1. The lowest BCUT2D eigenvalue weighted by molar-refractivity contribution is 0.138. The maximum absolute atomic E-state index is 6.27. The first-order chi connectivity index (χ1) is 8.02. The van der Waals surface area contributed by atoms with Crippen LogP contribution < -0.4 is 10.5 Å². The van der Waals surface area contributed by atoms with Gasteiger partial charge in [-0.2, -0.15) is 0 Å². The summed E-state index contributed by atoms with van der Waals surface area (Å²) in [6.45, 7) is 4.95. The fraction of sp³-hybridized carbons (Fsp3) is 0.571. The lowest BCUT2D eigenvalue weighted by Gasteiger charge is -2.17. The molecule has 0 bridgehead atoms. The van der Waals surface area contributed by atoms with Crippen LogP contribution in [0.2, 0.25) is 5.02 Å². The second kappa shape index (κ2) is 4.87. The van der Waals surface area contributed by atoms with Crippen molar-refractivity contribution in [3.05, 3.63) is 28.3 Å². The highest BCUT2D eigenvalue weighted by Gasteiger charge is 2.31. The van der Waals surface area contributed by atoms with Gasteiger partial charge in [-0.3, -0.25) is 0 Å². The van der Waals surface area contributed by atoms with Gasteiger partial charge in [-0.1, -0.05) is 17.7 Å². The van der Waals surface area contributed by atoms with Crippen molar-refractivity contribution in [1.29, 1.82) is 0 Å². The summed E-state index contributed by atoms with van der Waals surface area (Å²) < 4.78 is 5.85. The molecule has 0 aromatic heterocycles. The van der Waals surface area contributed by atoms with Crippen LogP contribution in [0, 0.1) is 0 Å². The van der Waals surface area contributed by atoms with Crippen molar-refractivity contribution in [3.8, 4) is 5.75 Å². The molecule has 0 saturated heterocycles. The molecule has 1 aliphatic rings. The molecule has 2 nitrogen and oxygen atoms in total. The van der Waals surface area contributed by atoms with Gasteiger partial charge < -0.3 is 10.5 Å². The highest BCUT2D eigenvalue weighted by Crippen LogP contribution is 2.41. The Labute approximate surface area is 108 Å². The van der Waals surface area contributed by atoms with Gasteiger partial charge in [0.05, 0.1) is 5.02 Å². The van der Waals surface area contributed by atoms with Crippen LogP contribution in [-0.4, -0.2) is 12.1 Å². The van der Waals surface area contributed by atoms with E-state index in [0.29, 0.717) is 0 Å². The van der Waals surface area contributed by atoms with E-state index < -0.39 is 0 Å². The molecule has 0 atom stereocenters. The Hall–Kier alpha value is -0.730. The van der Waals surface area contributed by atoms with Crippen LogP contribution in [0.25, 0.3) is 0 Å². The monoisotopic (exact) mass is 253 g/mol. The van der Waals surface area contributed by atoms with Crippen molar-refractivity contribution < 1.29 is 4.74 Å². The lowest BCUT2D eigenvalue weighted by atomic mass is 9.98. The molecular weight excluding hydrogens is 234 g/mol. The van der Waals surface area contributed by atoms with E-state index in [1.54, 1.807) is 0 Å². The third-order valence-electron chi connectivity index (χ3n) is 3.09. The number of ether oxygens (including phenoxy) is 1. The van der Waals surface area contributed by atoms with Crippen molar-refractivity contribution in [2.24, 2.45) is 5.73 Å². The van der Waals surface area contributed by atoms with E-state index in [-0.39, 0.29) is 5.60 Å². The van der Waals surface area contributed by atoms with E-state index in [2.05, 4.69) is 19.9 Å². The molecule has 1 aromatic rings. The molecule has 1 aliphatic heterocycles. The summed E-state index contributed by atoms with van der Waals surface area (Å²) in [7, 11) is 0. The van der Waals surface area contributed by atoms with Crippen molar-refractivity contribution in [2.45, 2.75) is 45.1 Å². The molecule has 94 valence electrons. The quantitative estimate of drug-likeness (QED) is 0.836. The van der Waals surface area contributed by atoms with Crippen molar-refractivity contribution in [1.82, 2.24) is 0 Å². The Balaban J connectivity index is 2.16. The first-order valence-corrected chi connectivity index (χ1v) is 6.60. The van der Waals surface area contributed by atoms with E-state index in [0.717, 1.165) is 43.0 Å². The highest BCUT2D eigenvalue weighted by molar-refractivity contribution is 6.32. The van der Waals surface area contributed by atoms with Gasteiger partial charge in [-0.15, -0.1) is 0 Å². The highest BCUT2D eigenvalue weighted by atomic mass is 35.5.